The van der Waals surface area contributed by atoms with E-state index in [2.05, 4.69) is 31.0 Å². The van der Waals surface area contributed by atoms with Crippen LogP contribution in [-0.2, 0) is 9.59 Å². The van der Waals surface area contributed by atoms with Gasteiger partial charge in [-0.25, -0.2) is 0 Å². The first-order chi connectivity index (χ1) is 12.9. The second-order valence-corrected chi connectivity index (χ2v) is 7.14. The minimum absolute atomic E-state index is 0.0231. The monoisotopic (exact) mass is 375 g/mol. The minimum Gasteiger partial charge on any atom is -0.392 e. The third-order valence-corrected chi connectivity index (χ3v) is 4.51. The van der Waals surface area contributed by atoms with Crippen LogP contribution in [0.4, 0.5) is 0 Å². The Hall–Kier alpha value is -1.78. The van der Waals surface area contributed by atoms with Crippen LogP contribution in [0.3, 0.4) is 0 Å². The van der Waals surface area contributed by atoms with E-state index in [1.807, 2.05) is 31.2 Å². The Bertz CT molecular complexity index is 520. The second-order valence-electron chi connectivity index (χ2n) is 7.14. The molecule has 0 rings (SSSR count). The Balaban J connectivity index is 4.11. The fourth-order valence-electron chi connectivity index (χ4n) is 2.64. The molecule has 0 saturated heterocycles. The van der Waals surface area contributed by atoms with E-state index >= 15 is 0 Å². The van der Waals surface area contributed by atoms with Gasteiger partial charge in [-0.2, -0.15) is 0 Å². The van der Waals surface area contributed by atoms with Crippen LogP contribution in [0.15, 0.2) is 48.6 Å². The SMILES string of the molecule is C=CCNC/C=C(\C)CC/C=C/C=C/CC(C)C(O)[C@H](C=O)CCC(C)=O. The van der Waals surface area contributed by atoms with Crippen LogP contribution in [0.25, 0.3) is 0 Å². The molecule has 27 heavy (non-hydrogen) atoms. The van der Waals surface area contributed by atoms with Crippen LogP contribution in [-0.4, -0.2) is 36.4 Å². The maximum absolute atomic E-state index is 11.2. The molecular weight excluding hydrogens is 338 g/mol. The number of hydrogen-bond acceptors (Lipinski definition) is 4. The number of rotatable bonds is 16. The number of hydrogen-bond donors (Lipinski definition) is 2. The molecule has 0 aliphatic heterocycles. The molecular formula is C23H37NO3. The van der Waals surface area contributed by atoms with Gasteiger partial charge in [0.25, 0.3) is 0 Å². The fourth-order valence-corrected chi connectivity index (χ4v) is 2.64. The van der Waals surface area contributed by atoms with Crippen LogP contribution >= 0.6 is 0 Å². The summed E-state index contributed by atoms with van der Waals surface area (Å²) in [5.74, 6) is -0.446. The van der Waals surface area contributed by atoms with Crippen molar-refractivity contribution in [2.45, 2.75) is 59.0 Å². The number of aldehydes is 1. The maximum Gasteiger partial charge on any atom is 0.129 e. The molecule has 0 fully saturated rings. The molecule has 0 aliphatic rings. The number of nitrogens with one attached hydrogen (secondary N) is 1. The van der Waals surface area contributed by atoms with E-state index in [0.29, 0.717) is 19.3 Å². The molecule has 152 valence electrons. The first-order valence-electron chi connectivity index (χ1n) is 9.84. The average Bonchev–Trinajstić information content (AvgIpc) is 2.64. The van der Waals surface area contributed by atoms with Crippen molar-refractivity contribution in [2.75, 3.05) is 13.1 Å². The van der Waals surface area contributed by atoms with Gasteiger partial charge in [0.15, 0.2) is 0 Å². The van der Waals surface area contributed by atoms with Gasteiger partial charge in [-0.15, -0.1) is 6.58 Å². The summed E-state index contributed by atoms with van der Waals surface area (Å²) in [6, 6.07) is 0. The average molecular weight is 376 g/mol. The largest absolute Gasteiger partial charge is 0.392 e. The lowest BCUT2D eigenvalue weighted by Gasteiger charge is -2.22. The molecule has 4 nitrogen and oxygen atoms in total. The molecule has 0 aromatic heterocycles. The van der Waals surface area contributed by atoms with Crippen molar-refractivity contribution in [3.63, 3.8) is 0 Å². The Morgan fingerprint density at radius 1 is 1.15 bits per heavy atom. The highest BCUT2D eigenvalue weighted by Crippen LogP contribution is 2.20. The lowest BCUT2D eigenvalue weighted by Crippen LogP contribution is -2.28. The van der Waals surface area contributed by atoms with E-state index in [1.54, 1.807) is 0 Å². The Labute approximate surface area is 165 Å². The van der Waals surface area contributed by atoms with Crippen LogP contribution in [0, 0.1) is 11.8 Å². The van der Waals surface area contributed by atoms with E-state index in [1.165, 1.54) is 12.5 Å². The predicted molar refractivity (Wildman–Crippen MR) is 114 cm³/mol. The van der Waals surface area contributed by atoms with Gasteiger partial charge in [-0.3, -0.25) is 0 Å². The summed E-state index contributed by atoms with van der Waals surface area (Å²) < 4.78 is 0. The Kier molecular flexibility index (Phi) is 15.3. The van der Waals surface area contributed by atoms with Gasteiger partial charge in [0, 0.05) is 25.4 Å². The van der Waals surface area contributed by atoms with Crippen molar-refractivity contribution in [1.29, 1.82) is 0 Å². The van der Waals surface area contributed by atoms with E-state index in [9.17, 15) is 14.7 Å². The maximum atomic E-state index is 11.2. The number of allylic oxidation sites excluding steroid dienone is 5. The molecule has 0 spiro atoms. The molecule has 0 aromatic rings. The zero-order valence-corrected chi connectivity index (χ0v) is 17.2. The molecule has 0 amide bonds. The number of aliphatic hydroxyl groups is 1. The second kappa shape index (κ2) is 16.4. The standard InChI is InChI=1S/C23H37NO3/c1-5-16-24-17-15-19(2)11-9-7-6-8-10-12-20(3)23(27)22(18-25)14-13-21(4)26/h5-8,10,15,18,20,22-24,27H,1,9,11-14,16-17H2,2-4H3/b7-6+,10-8+,19-15+/t20?,22-,23?/m0/s1. The molecule has 0 heterocycles. The third kappa shape index (κ3) is 14.0. The summed E-state index contributed by atoms with van der Waals surface area (Å²) in [6.07, 6.45) is 15.7. The number of aliphatic hydroxyl groups excluding tert-OH is 1. The summed E-state index contributed by atoms with van der Waals surface area (Å²) >= 11 is 0. The van der Waals surface area contributed by atoms with Crippen LogP contribution in [0.5, 0.6) is 0 Å². The molecule has 0 radical (unpaired) electrons. The first-order valence-corrected chi connectivity index (χ1v) is 9.84. The number of carbonyl (C=O) groups excluding carboxylic acids is 2. The zero-order chi connectivity index (χ0) is 20.5. The van der Waals surface area contributed by atoms with Gasteiger partial charge < -0.3 is 20.0 Å². The smallest absolute Gasteiger partial charge is 0.129 e. The molecule has 4 heteroatoms. The normalized spacial score (nSPS) is 15.8. The van der Waals surface area contributed by atoms with Crippen molar-refractivity contribution in [3.8, 4) is 0 Å². The highest BCUT2D eigenvalue weighted by Gasteiger charge is 2.23. The lowest BCUT2D eigenvalue weighted by molar-refractivity contribution is -0.119. The van der Waals surface area contributed by atoms with Gasteiger partial charge in [-0.05, 0) is 45.4 Å². The van der Waals surface area contributed by atoms with Crippen molar-refractivity contribution < 1.29 is 14.7 Å². The zero-order valence-electron chi connectivity index (χ0n) is 17.2. The molecule has 3 atom stereocenters. The molecule has 2 unspecified atom stereocenters. The molecule has 2 N–H and O–H groups in total. The number of carbonyl (C=O) groups is 2. The third-order valence-electron chi connectivity index (χ3n) is 4.51. The summed E-state index contributed by atoms with van der Waals surface area (Å²) in [6.45, 7) is 10.9. The Morgan fingerprint density at radius 3 is 2.48 bits per heavy atom. The first kappa shape index (κ1) is 25.2. The van der Waals surface area contributed by atoms with E-state index in [0.717, 1.165) is 32.2 Å². The Morgan fingerprint density at radius 2 is 1.85 bits per heavy atom. The van der Waals surface area contributed by atoms with Gasteiger partial charge in [-0.1, -0.05) is 49.0 Å². The molecule has 0 aromatic carbocycles. The molecule has 0 aliphatic carbocycles. The number of ketones is 1. The summed E-state index contributed by atoms with van der Waals surface area (Å²) in [5.41, 5.74) is 1.36. The van der Waals surface area contributed by atoms with E-state index < -0.39 is 12.0 Å². The van der Waals surface area contributed by atoms with Crippen LogP contribution in [0.2, 0.25) is 0 Å². The quantitative estimate of drug-likeness (QED) is 0.184. The van der Waals surface area contributed by atoms with Crippen molar-refractivity contribution in [2.24, 2.45) is 11.8 Å². The van der Waals surface area contributed by atoms with Crippen molar-refractivity contribution >= 4 is 12.1 Å². The van der Waals surface area contributed by atoms with Crippen molar-refractivity contribution in [3.05, 3.63) is 48.6 Å². The summed E-state index contributed by atoms with van der Waals surface area (Å²) in [4.78, 5) is 22.2. The van der Waals surface area contributed by atoms with E-state index in [-0.39, 0.29) is 11.7 Å². The van der Waals surface area contributed by atoms with Crippen molar-refractivity contribution in [1.82, 2.24) is 5.32 Å². The van der Waals surface area contributed by atoms with Gasteiger partial charge in [0.2, 0.25) is 0 Å². The fraction of sp³-hybridized carbons (Fsp3) is 0.565. The van der Waals surface area contributed by atoms with Crippen LogP contribution < -0.4 is 5.32 Å². The van der Waals surface area contributed by atoms with E-state index in [4.69, 9.17) is 0 Å². The topological polar surface area (TPSA) is 66.4 Å². The highest BCUT2D eigenvalue weighted by molar-refractivity contribution is 5.75. The van der Waals surface area contributed by atoms with Crippen LogP contribution in [0.1, 0.15) is 52.9 Å². The van der Waals surface area contributed by atoms with Gasteiger partial charge in [0.05, 0.1) is 6.10 Å². The summed E-state index contributed by atoms with van der Waals surface area (Å²) in [7, 11) is 0. The molecule has 0 bridgehead atoms. The molecule has 0 saturated carbocycles. The minimum atomic E-state index is -0.710. The highest BCUT2D eigenvalue weighted by atomic mass is 16.3. The predicted octanol–water partition coefficient (Wildman–Crippen LogP) is 4.17. The lowest BCUT2D eigenvalue weighted by atomic mass is 9.87. The summed E-state index contributed by atoms with van der Waals surface area (Å²) in [5, 5.41) is 13.5. The van der Waals surface area contributed by atoms with Gasteiger partial charge >= 0.3 is 0 Å². The van der Waals surface area contributed by atoms with Gasteiger partial charge in [0.1, 0.15) is 12.1 Å². The number of Topliss-reactive ketones (excluding diaryl/α,β-unsaturated/α-hetero) is 1.